The highest BCUT2D eigenvalue weighted by atomic mass is 16.5. The molecule has 1 unspecified atom stereocenters. The molecule has 178 valence electrons. The number of methoxy groups -OCH3 is 1. The first-order valence-corrected chi connectivity index (χ1v) is 12.0. The Kier molecular flexibility index (Phi) is 8.21. The molecule has 1 fully saturated rings. The largest absolute Gasteiger partial charge is 0.508 e. The fraction of sp³-hybridized carbons (Fsp3) is 0.345. The molecule has 1 heterocycles. The number of phenols is 1. The van der Waals surface area contributed by atoms with Gasteiger partial charge in [-0.2, -0.15) is 0 Å². The summed E-state index contributed by atoms with van der Waals surface area (Å²) in [5.41, 5.74) is 3.14. The number of esters is 1. The fourth-order valence-electron chi connectivity index (χ4n) is 4.87. The summed E-state index contributed by atoms with van der Waals surface area (Å²) in [7, 11) is 1.38. The fourth-order valence-corrected chi connectivity index (χ4v) is 4.87. The van der Waals surface area contributed by atoms with E-state index in [4.69, 9.17) is 9.47 Å². The first-order valence-electron chi connectivity index (χ1n) is 12.0. The SMILES string of the molecule is COC(=O)c1ccc(OCCCN2CCC(C(c3ccccc3)c3ccc(O)cc3)CC2)cc1. The summed E-state index contributed by atoms with van der Waals surface area (Å²) < 4.78 is 10.6. The summed E-state index contributed by atoms with van der Waals surface area (Å²) in [5, 5.41) is 9.74. The monoisotopic (exact) mass is 459 g/mol. The van der Waals surface area contributed by atoms with Gasteiger partial charge in [-0.15, -0.1) is 0 Å². The molecule has 4 rings (SSSR count). The second kappa shape index (κ2) is 11.7. The number of carbonyl (C=O) groups excluding carboxylic acids is 1. The van der Waals surface area contributed by atoms with E-state index in [0.29, 0.717) is 29.8 Å². The van der Waals surface area contributed by atoms with E-state index in [2.05, 4.69) is 47.4 Å². The molecule has 0 aliphatic carbocycles. The molecule has 3 aromatic rings. The van der Waals surface area contributed by atoms with Crippen LogP contribution in [-0.2, 0) is 4.74 Å². The molecule has 0 spiro atoms. The summed E-state index contributed by atoms with van der Waals surface area (Å²) in [6, 6.07) is 25.5. The third kappa shape index (κ3) is 6.17. The Balaban J connectivity index is 1.26. The van der Waals surface area contributed by atoms with Crippen LogP contribution in [0.25, 0.3) is 0 Å². The Bertz CT molecular complexity index is 1030. The van der Waals surface area contributed by atoms with Crippen LogP contribution < -0.4 is 4.74 Å². The number of hydrogen-bond acceptors (Lipinski definition) is 5. The predicted octanol–water partition coefficient (Wildman–Crippen LogP) is 5.49. The van der Waals surface area contributed by atoms with Gasteiger partial charge < -0.3 is 19.5 Å². The summed E-state index contributed by atoms with van der Waals surface area (Å²) in [6.45, 7) is 3.83. The van der Waals surface area contributed by atoms with Gasteiger partial charge in [0.2, 0.25) is 0 Å². The number of aromatic hydroxyl groups is 1. The maximum absolute atomic E-state index is 11.5. The van der Waals surface area contributed by atoms with E-state index in [-0.39, 0.29) is 5.97 Å². The summed E-state index contributed by atoms with van der Waals surface area (Å²) >= 11 is 0. The lowest BCUT2D eigenvalue weighted by Gasteiger charge is -2.36. The summed E-state index contributed by atoms with van der Waals surface area (Å²) in [6.07, 6.45) is 3.26. The Morgan fingerprint density at radius 2 is 1.59 bits per heavy atom. The summed E-state index contributed by atoms with van der Waals surface area (Å²) in [4.78, 5) is 14.0. The van der Waals surface area contributed by atoms with Crippen molar-refractivity contribution in [1.82, 2.24) is 4.90 Å². The maximum atomic E-state index is 11.5. The van der Waals surface area contributed by atoms with Crippen LogP contribution in [0, 0.1) is 5.92 Å². The van der Waals surface area contributed by atoms with Crippen LogP contribution in [0.2, 0.25) is 0 Å². The zero-order valence-electron chi connectivity index (χ0n) is 19.7. The van der Waals surface area contributed by atoms with Crippen LogP contribution in [0.4, 0.5) is 0 Å². The quantitative estimate of drug-likeness (QED) is 0.339. The first kappa shape index (κ1) is 23.8. The third-order valence-electron chi connectivity index (χ3n) is 6.68. The lowest BCUT2D eigenvalue weighted by atomic mass is 9.76. The van der Waals surface area contributed by atoms with Crippen LogP contribution in [0.3, 0.4) is 0 Å². The van der Waals surface area contributed by atoms with Gasteiger partial charge in [-0.1, -0.05) is 42.5 Å². The minimum Gasteiger partial charge on any atom is -0.508 e. The minimum absolute atomic E-state index is 0.312. The standard InChI is InChI=1S/C29H33NO4/c1-33-29(32)25-10-14-27(15-11-25)34-21-5-18-30-19-16-24(17-20-30)28(22-6-3-2-4-7-22)23-8-12-26(31)13-9-23/h2-4,6-15,24,28,31H,5,16-21H2,1H3. The van der Waals surface area contributed by atoms with Gasteiger partial charge in [-0.3, -0.25) is 0 Å². The second-order valence-electron chi connectivity index (χ2n) is 8.88. The smallest absolute Gasteiger partial charge is 0.337 e. The van der Waals surface area contributed by atoms with Gasteiger partial charge in [-0.25, -0.2) is 4.79 Å². The molecule has 0 bridgehead atoms. The maximum Gasteiger partial charge on any atom is 0.337 e. The Hall–Kier alpha value is -3.31. The van der Waals surface area contributed by atoms with Gasteiger partial charge in [0, 0.05) is 12.5 Å². The number of hydrogen-bond donors (Lipinski definition) is 1. The number of likely N-dealkylation sites (tertiary alicyclic amines) is 1. The van der Waals surface area contributed by atoms with Gasteiger partial charge in [0.15, 0.2) is 0 Å². The van der Waals surface area contributed by atoms with Gasteiger partial charge in [0.25, 0.3) is 0 Å². The molecule has 34 heavy (non-hydrogen) atoms. The van der Waals surface area contributed by atoms with E-state index < -0.39 is 0 Å². The van der Waals surface area contributed by atoms with Gasteiger partial charge in [0.05, 0.1) is 19.3 Å². The van der Waals surface area contributed by atoms with E-state index in [0.717, 1.165) is 44.6 Å². The third-order valence-corrected chi connectivity index (χ3v) is 6.68. The van der Waals surface area contributed by atoms with Crippen molar-refractivity contribution in [2.45, 2.75) is 25.2 Å². The molecule has 1 aliphatic heterocycles. The highest BCUT2D eigenvalue weighted by Gasteiger charge is 2.28. The molecule has 5 heteroatoms. The van der Waals surface area contributed by atoms with Crippen molar-refractivity contribution in [2.24, 2.45) is 5.92 Å². The van der Waals surface area contributed by atoms with Gasteiger partial charge in [0.1, 0.15) is 11.5 Å². The molecular weight excluding hydrogens is 426 g/mol. The molecular formula is C29H33NO4. The van der Waals surface area contributed by atoms with E-state index in [9.17, 15) is 9.90 Å². The van der Waals surface area contributed by atoms with Crippen LogP contribution in [0.15, 0.2) is 78.9 Å². The molecule has 1 N–H and O–H groups in total. The van der Waals surface area contributed by atoms with E-state index in [1.807, 2.05) is 12.1 Å². The number of piperidine rings is 1. The number of carbonyl (C=O) groups is 1. The van der Waals surface area contributed by atoms with Crippen molar-refractivity contribution in [3.05, 3.63) is 95.6 Å². The van der Waals surface area contributed by atoms with Crippen molar-refractivity contribution in [3.8, 4) is 11.5 Å². The zero-order chi connectivity index (χ0) is 23.8. The van der Waals surface area contributed by atoms with Crippen molar-refractivity contribution >= 4 is 5.97 Å². The van der Waals surface area contributed by atoms with E-state index in [1.54, 1.807) is 24.3 Å². The highest BCUT2D eigenvalue weighted by Crippen LogP contribution is 2.38. The number of rotatable bonds is 9. The molecule has 1 atom stereocenters. The Morgan fingerprint density at radius 3 is 2.24 bits per heavy atom. The average molecular weight is 460 g/mol. The molecule has 5 nitrogen and oxygen atoms in total. The number of ether oxygens (including phenoxy) is 2. The Labute approximate surface area is 201 Å². The molecule has 0 radical (unpaired) electrons. The van der Waals surface area contributed by atoms with Gasteiger partial charge >= 0.3 is 5.97 Å². The summed E-state index contributed by atoms with van der Waals surface area (Å²) in [5.74, 6) is 1.67. The zero-order valence-corrected chi connectivity index (χ0v) is 19.7. The minimum atomic E-state index is -0.338. The van der Waals surface area contributed by atoms with Crippen LogP contribution in [-0.4, -0.2) is 49.3 Å². The average Bonchev–Trinajstić information content (AvgIpc) is 2.89. The number of benzene rings is 3. The van der Waals surface area contributed by atoms with Crippen LogP contribution >= 0.6 is 0 Å². The predicted molar refractivity (Wildman–Crippen MR) is 133 cm³/mol. The van der Waals surface area contributed by atoms with Crippen molar-refractivity contribution in [2.75, 3.05) is 33.4 Å². The lowest BCUT2D eigenvalue weighted by Crippen LogP contribution is -2.36. The molecule has 0 amide bonds. The van der Waals surface area contributed by atoms with Crippen molar-refractivity contribution in [3.63, 3.8) is 0 Å². The normalized spacial score (nSPS) is 15.6. The molecule has 1 aliphatic rings. The molecule has 3 aromatic carbocycles. The highest BCUT2D eigenvalue weighted by molar-refractivity contribution is 5.89. The van der Waals surface area contributed by atoms with E-state index >= 15 is 0 Å². The second-order valence-corrected chi connectivity index (χ2v) is 8.88. The number of nitrogens with zero attached hydrogens (tertiary/aromatic N) is 1. The van der Waals surface area contributed by atoms with E-state index in [1.165, 1.54) is 18.2 Å². The van der Waals surface area contributed by atoms with Crippen LogP contribution in [0.1, 0.15) is 46.7 Å². The molecule has 0 aromatic heterocycles. The topological polar surface area (TPSA) is 59.0 Å². The van der Waals surface area contributed by atoms with Crippen molar-refractivity contribution < 1.29 is 19.4 Å². The molecule has 1 saturated heterocycles. The van der Waals surface area contributed by atoms with Gasteiger partial charge in [-0.05, 0) is 85.8 Å². The van der Waals surface area contributed by atoms with Crippen molar-refractivity contribution in [1.29, 1.82) is 0 Å². The Morgan fingerprint density at radius 1 is 0.941 bits per heavy atom. The van der Waals surface area contributed by atoms with Crippen LogP contribution in [0.5, 0.6) is 11.5 Å². The number of phenolic OH excluding ortho intramolecular Hbond substituents is 1. The molecule has 0 saturated carbocycles. The first-order chi connectivity index (χ1) is 16.6. The lowest BCUT2D eigenvalue weighted by molar-refractivity contribution is 0.0600.